The molecule has 0 aliphatic carbocycles. The van der Waals surface area contributed by atoms with Crippen LogP contribution in [0.2, 0.25) is 0 Å². The predicted octanol–water partition coefficient (Wildman–Crippen LogP) is 2.36. The highest BCUT2D eigenvalue weighted by atomic mass is 16.5. The van der Waals surface area contributed by atoms with Crippen molar-refractivity contribution < 1.29 is 28.6 Å². The van der Waals surface area contributed by atoms with Gasteiger partial charge in [-0.25, -0.2) is 0 Å². The molecule has 0 saturated carbocycles. The van der Waals surface area contributed by atoms with Gasteiger partial charge < -0.3 is 24.4 Å². The summed E-state index contributed by atoms with van der Waals surface area (Å²) in [4.78, 5) is 42.4. The SMILES string of the molecule is COCCNC(=O)CCCN1C(=O)c2ccccc2N2C(=O)c3c(ccc(OC)c3OC)[C@@H]12. The molecule has 4 rings (SSSR count). The lowest BCUT2D eigenvalue weighted by atomic mass is 10.0. The molecular formula is C24H27N3O6. The molecule has 1 N–H and O–H groups in total. The molecule has 0 fully saturated rings. The minimum absolute atomic E-state index is 0.108. The first kappa shape index (κ1) is 22.6. The second-order valence-corrected chi connectivity index (χ2v) is 7.78. The fourth-order valence-electron chi connectivity index (χ4n) is 4.44. The molecule has 9 nitrogen and oxygen atoms in total. The highest BCUT2D eigenvalue weighted by Crippen LogP contribution is 2.49. The minimum Gasteiger partial charge on any atom is -0.493 e. The summed E-state index contributed by atoms with van der Waals surface area (Å²) in [6.45, 7) is 1.19. The lowest BCUT2D eigenvalue weighted by molar-refractivity contribution is -0.121. The second-order valence-electron chi connectivity index (χ2n) is 7.78. The van der Waals surface area contributed by atoms with Gasteiger partial charge in [-0.1, -0.05) is 18.2 Å². The quantitative estimate of drug-likeness (QED) is 0.586. The molecule has 0 saturated heterocycles. The van der Waals surface area contributed by atoms with Gasteiger partial charge >= 0.3 is 0 Å². The van der Waals surface area contributed by atoms with E-state index in [1.165, 1.54) is 14.2 Å². The molecule has 3 amide bonds. The molecule has 2 aromatic rings. The molecule has 0 unspecified atom stereocenters. The van der Waals surface area contributed by atoms with Gasteiger partial charge in [-0.05, 0) is 24.6 Å². The number of amides is 3. The van der Waals surface area contributed by atoms with Gasteiger partial charge in [0.2, 0.25) is 5.91 Å². The Kier molecular flexibility index (Phi) is 6.50. The first-order valence-corrected chi connectivity index (χ1v) is 10.8. The minimum atomic E-state index is -0.619. The topological polar surface area (TPSA) is 97.4 Å². The molecule has 2 aromatic carbocycles. The van der Waals surface area contributed by atoms with Gasteiger partial charge in [0.1, 0.15) is 6.17 Å². The Balaban J connectivity index is 1.67. The van der Waals surface area contributed by atoms with Crippen LogP contribution in [0.4, 0.5) is 5.69 Å². The highest BCUT2D eigenvalue weighted by molar-refractivity contribution is 6.18. The third kappa shape index (κ3) is 3.89. The zero-order valence-electron chi connectivity index (χ0n) is 18.9. The number of rotatable bonds is 9. The molecule has 0 radical (unpaired) electrons. The normalized spacial score (nSPS) is 16.3. The zero-order chi connectivity index (χ0) is 23.5. The Morgan fingerprint density at radius 3 is 2.55 bits per heavy atom. The number of fused-ring (bicyclic) bond motifs is 5. The maximum Gasteiger partial charge on any atom is 0.264 e. The fourth-order valence-corrected chi connectivity index (χ4v) is 4.44. The van der Waals surface area contributed by atoms with Crippen molar-refractivity contribution in [3.63, 3.8) is 0 Å². The van der Waals surface area contributed by atoms with Crippen LogP contribution in [0.1, 0.15) is 45.3 Å². The summed E-state index contributed by atoms with van der Waals surface area (Å²) in [5.41, 5.74) is 2.06. The van der Waals surface area contributed by atoms with Crippen LogP contribution in [0, 0.1) is 0 Å². The average molecular weight is 453 g/mol. The Hall–Kier alpha value is -3.59. The third-order valence-electron chi connectivity index (χ3n) is 5.91. The van der Waals surface area contributed by atoms with Crippen LogP contribution in [0.3, 0.4) is 0 Å². The van der Waals surface area contributed by atoms with E-state index in [2.05, 4.69) is 5.32 Å². The lowest BCUT2D eigenvalue weighted by Gasteiger charge is -2.41. The molecule has 1 atom stereocenters. The smallest absolute Gasteiger partial charge is 0.264 e. The summed E-state index contributed by atoms with van der Waals surface area (Å²) in [6, 6.07) is 10.6. The molecule has 2 heterocycles. The van der Waals surface area contributed by atoms with Gasteiger partial charge in [0.15, 0.2) is 11.5 Å². The molecular weight excluding hydrogens is 426 g/mol. The molecule has 0 bridgehead atoms. The van der Waals surface area contributed by atoms with Gasteiger partial charge in [-0.15, -0.1) is 0 Å². The van der Waals surface area contributed by atoms with Gasteiger partial charge in [-0.3, -0.25) is 19.3 Å². The highest BCUT2D eigenvalue weighted by Gasteiger charge is 2.49. The van der Waals surface area contributed by atoms with Crippen molar-refractivity contribution in [2.75, 3.05) is 45.9 Å². The van der Waals surface area contributed by atoms with E-state index < -0.39 is 6.17 Å². The zero-order valence-corrected chi connectivity index (χ0v) is 18.9. The number of nitrogens with one attached hydrogen (secondary N) is 1. The van der Waals surface area contributed by atoms with Crippen LogP contribution in [-0.4, -0.2) is 63.6 Å². The summed E-state index contributed by atoms with van der Waals surface area (Å²) in [5.74, 6) is 0.248. The molecule has 9 heteroatoms. The number of nitrogens with zero attached hydrogens (tertiary/aromatic N) is 2. The van der Waals surface area contributed by atoms with Gasteiger partial charge in [-0.2, -0.15) is 0 Å². The van der Waals surface area contributed by atoms with E-state index in [0.29, 0.717) is 60.0 Å². The molecule has 33 heavy (non-hydrogen) atoms. The number of hydrogen-bond donors (Lipinski definition) is 1. The summed E-state index contributed by atoms with van der Waals surface area (Å²) in [6.07, 6.45) is 0.0916. The van der Waals surface area contributed by atoms with Crippen LogP contribution in [0.25, 0.3) is 0 Å². The monoisotopic (exact) mass is 453 g/mol. The van der Waals surface area contributed by atoms with Crippen molar-refractivity contribution in [2.45, 2.75) is 19.0 Å². The number of hydrogen-bond acceptors (Lipinski definition) is 6. The molecule has 0 aromatic heterocycles. The summed E-state index contributed by atoms with van der Waals surface area (Å²) in [5, 5.41) is 2.78. The van der Waals surface area contributed by atoms with Crippen molar-refractivity contribution in [1.29, 1.82) is 0 Å². The molecule has 2 aliphatic rings. The fraction of sp³-hybridized carbons (Fsp3) is 0.375. The number of carbonyl (C=O) groups is 3. The van der Waals surface area contributed by atoms with E-state index in [-0.39, 0.29) is 24.1 Å². The Labute approximate surface area is 192 Å². The van der Waals surface area contributed by atoms with E-state index in [4.69, 9.17) is 14.2 Å². The van der Waals surface area contributed by atoms with Crippen LogP contribution < -0.4 is 19.7 Å². The second kappa shape index (κ2) is 9.50. The van der Waals surface area contributed by atoms with E-state index in [9.17, 15) is 14.4 Å². The Morgan fingerprint density at radius 2 is 1.82 bits per heavy atom. The number of ether oxygens (including phenoxy) is 3. The lowest BCUT2D eigenvalue weighted by Crippen LogP contribution is -2.48. The van der Waals surface area contributed by atoms with Gasteiger partial charge in [0.05, 0.1) is 37.6 Å². The van der Waals surface area contributed by atoms with Gasteiger partial charge in [0.25, 0.3) is 11.8 Å². The van der Waals surface area contributed by atoms with E-state index in [1.807, 2.05) is 0 Å². The van der Waals surface area contributed by atoms with Crippen LogP contribution in [0.15, 0.2) is 36.4 Å². The van der Waals surface area contributed by atoms with E-state index in [0.717, 1.165) is 0 Å². The molecule has 0 spiro atoms. The molecule has 174 valence electrons. The summed E-state index contributed by atoms with van der Waals surface area (Å²) < 4.78 is 15.8. The molecule has 2 aliphatic heterocycles. The Morgan fingerprint density at radius 1 is 1.03 bits per heavy atom. The van der Waals surface area contributed by atoms with Crippen LogP contribution in [0.5, 0.6) is 11.5 Å². The number of benzene rings is 2. The van der Waals surface area contributed by atoms with Gasteiger partial charge in [0, 0.05) is 32.2 Å². The Bertz CT molecular complexity index is 1090. The first-order valence-electron chi connectivity index (χ1n) is 10.8. The summed E-state index contributed by atoms with van der Waals surface area (Å²) >= 11 is 0. The first-order chi connectivity index (χ1) is 16.0. The van der Waals surface area contributed by atoms with Crippen molar-refractivity contribution >= 4 is 23.4 Å². The van der Waals surface area contributed by atoms with Crippen LogP contribution >= 0.6 is 0 Å². The average Bonchev–Trinajstić information content (AvgIpc) is 3.13. The van der Waals surface area contributed by atoms with Crippen molar-refractivity contribution in [1.82, 2.24) is 10.2 Å². The predicted molar refractivity (Wildman–Crippen MR) is 121 cm³/mol. The van der Waals surface area contributed by atoms with E-state index in [1.54, 1.807) is 53.3 Å². The van der Waals surface area contributed by atoms with Crippen LogP contribution in [-0.2, 0) is 9.53 Å². The third-order valence-corrected chi connectivity index (χ3v) is 5.91. The summed E-state index contributed by atoms with van der Waals surface area (Å²) in [7, 11) is 4.57. The standard InChI is InChI=1S/C24H27N3O6/c1-31-14-12-25-19(28)9-6-13-26-22-16-10-11-18(32-2)21(33-3)20(16)24(30)27(22)17-8-5-4-7-15(17)23(26)29/h4-5,7-8,10-11,22H,6,9,12-14H2,1-3H3,(H,25,28)/t22-/m0/s1. The van der Waals surface area contributed by atoms with E-state index >= 15 is 0 Å². The number of carbonyl (C=O) groups excluding carboxylic acids is 3. The number of anilines is 1. The van der Waals surface area contributed by atoms with Crippen molar-refractivity contribution in [3.05, 3.63) is 53.1 Å². The van der Waals surface area contributed by atoms with Crippen molar-refractivity contribution in [3.8, 4) is 11.5 Å². The maximum absolute atomic E-state index is 13.6. The number of para-hydroxylation sites is 1. The maximum atomic E-state index is 13.6. The largest absolute Gasteiger partial charge is 0.493 e. The number of methoxy groups -OCH3 is 3. The van der Waals surface area contributed by atoms with Crippen molar-refractivity contribution in [2.24, 2.45) is 0 Å².